The molecule has 2 aliphatic rings. The number of nitrogens with zero attached hydrogens (tertiary/aromatic N) is 8. The molecule has 3 aromatic heterocycles. The summed E-state index contributed by atoms with van der Waals surface area (Å²) in [5, 5.41) is 10.4. The van der Waals surface area contributed by atoms with Crippen LogP contribution < -0.4 is 19.4 Å². The Hall–Kier alpha value is -3.60. The maximum absolute atomic E-state index is 9.92. The first kappa shape index (κ1) is 25.7. The number of fused-ring (bicyclic) bond motifs is 1. The van der Waals surface area contributed by atoms with Gasteiger partial charge in [-0.3, -0.25) is 0 Å². The van der Waals surface area contributed by atoms with Gasteiger partial charge in [0.05, 0.1) is 24.4 Å². The number of ether oxygens (including phenoxy) is 1. The van der Waals surface area contributed by atoms with Crippen LogP contribution in [-0.2, 0) is 6.61 Å². The number of aliphatic hydroxyl groups is 1. The molecule has 1 N–H and O–H groups in total. The zero-order valence-electron chi connectivity index (χ0n) is 22.3. The normalized spacial score (nSPS) is 16.8. The van der Waals surface area contributed by atoms with Gasteiger partial charge in [-0.05, 0) is 36.9 Å². The van der Waals surface area contributed by atoms with Crippen LogP contribution in [0.4, 0.5) is 17.5 Å². The van der Waals surface area contributed by atoms with Gasteiger partial charge in [0.2, 0.25) is 5.95 Å². The van der Waals surface area contributed by atoms with Crippen LogP contribution in [0.25, 0.3) is 16.9 Å². The van der Waals surface area contributed by atoms with Gasteiger partial charge < -0.3 is 33.8 Å². The molecule has 0 radical (unpaired) electrons. The molecule has 5 heterocycles. The number of hydrogen-bond acceptors (Lipinski definition) is 9. The van der Waals surface area contributed by atoms with Crippen LogP contribution in [0.5, 0.6) is 5.75 Å². The number of imidazole rings is 1. The highest BCUT2D eigenvalue weighted by Gasteiger charge is 2.22. The molecule has 0 bridgehead atoms. The summed E-state index contributed by atoms with van der Waals surface area (Å²) in [6.45, 7) is 7.39. The van der Waals surface area contributed by atoms with Crippen molar-refractivity contribution < 1.29 is 9.84 Å². The summed E-state index contributed by atoms with van der Waals surface area (Å²) in [7, 11) is 3.72. The number of rotatable bonds is 6. The highest BCUT2D eigenvalue weighted by Crippen LogP contribution is 2.34. The average Bonchev–Trinajstić information content (AvgIpc) is 3.41. The van der Waals surface area contributed by atoms with E-state index in [-0.39, 0.29) is 6.61 Å². The van der Waals surface area contributed by atoms with Crippen molar-refractivity contribution in [2.75, 3.05) is 81.2 Å². The molecular weight excluding hydrogens is 516 g/mol. The van der Waals surface area contributed by atoms with Crippen LogP contribution in [0.3, 0.4) is 0 Å². The first-order valence-electron chi connectivity index (χ1n) is 13.2. The van der Waals surface area contributed by atoms with Gasteiger partial charge in [-0.25, -0.2) is 9.97 Å². The minimum absolute atomic E-state index is 0.131. The number of aliphatic hydroxyl groups excluding tert-OH is 1. The minimum atomic E-state index is -0.131. The van der Waals surface area contributed by atoms with E-state index in [1.165, 1.54) is 0 Å². The molecule has 2 fully saturated rings. The lowest BCUT2D eigenvalue weighted by Gasteiger charge is -2.37. The Morgan fingerprint density at radius 1 is 0.923 bits per heavy atom. The minimum Gasteiger partial charge on any atom is -0.495 e. The maximum Gasteiger partial charge on any atom is 0.227 e. The van der Waals surface area contributed by atoms with Crippen LogP contribution in [0.2, 0.25) is 5.02 Å². The van der Waals surface area contributed by atoms with Crippen molar-refractivity contribution in [3.05, 3.63) is 59.5 Å². The molecule has 1 aromatic carbocycles. The van der Waals surface area contributed by atoms with Crippen LogP contribution in [-0.4, -0.2) is 95.9 Å². The standard InChI is InChI=1S/C28H33ClN8O2/c1-33-7-9-35(10-8-33)26-3-5-30-28(32-26)36-13-11-34(12-14-36)21-4-6-37-18-24(31-27(37)16-21)22-17-23(29)25(39-2)15-20(22)19-38/h3-6,15-18,38H,7-14,19H2,1-2H3. The largest absolute Gasteiger partial charge is 0.495 e. The molecule has 10 nitrogen and oxygen atoms in total. The molecule has 39 heavy (non-hydrogen) atoms. The molecule has 2 saturated heterocycles. The molecule has 11 heteroatoms. The highest BCUT2D eigenvalue weighted by molar-refractivity contribution is 6.32. The topological polar surface area (TPSA) is 85.5 Å². The molecule has 4 aromatic rings. The fraction of sp³-hybridized carbons (Fsp3) is 0.393. The van der Waals surface area contributed by atoms with Gasteiger partial charge in [0, 0.05) is 88.3 Å². The number of piperazine rings is 2. The Balaban J connectivity index is 1.16. The molecule has 0 aliphatic carbocycles. The first-order valence-corrected chi connectivity index (χ1v) is 13.6. The highest BCUT2D eigenvalue weighted by atomic mass is 35.5. The van der Waals surface area contributed by atoms with Gasteiger partial charge in [-0.1, -0.05) is 11.6 Å². The van der Waals surface area contributed by atoms with Gasteiger partial charge in [0.25, 0.3) is 0 Å². The predicted octanol–water partition coefficient (Wildman–Crippen LogP) is 3.02. The number of halogens is 1. The van der Waals surface area contributed by atoms with Crippen molar-refractivity contribution in [2.45, 2.75) is 6.61 Å². The van der Waals surface area contributed by atoms with Gasteiger partial charge in [0.15, 0.2) is 0 Å². The zero-order chi connectivity index (χ0) is 26.9. The first-order chi connectivity index (χ1) is 19.0. The van der Waals surface area contributed by atoms with Crippen molar-refractivity contribution in [1.29, 1.82) is 0 Å². The van der Waals surface area contributed by atoms with Crippen molar-refractivity contribution in [3.8, 4) is 17.0 Å². The third kappa shape index (κ3) is 5.19. The quantitative estimate of drug-likeness (QED) is 0.391. The summed E-state index contributed by atoms with van der Waals surface area (Å²) < 4.78 is 7.30. The smallest absolute Gasteiger partial charge is 0.227 e. The van der Waals surface area contributed by atoms with Crippen molar-refractivity contribution >= 4 is 34.7 Å². The fourth-order valence-corrected chi connectivity index (χ4v) is 5.53. The van der Waals surface area contributed by atoms with Crippen molar-refractivity contribution in [3.63, 3.8) is 0 Å². The number of benzene rings is 1. The second kappa shape index (κ2) is 10.9. The SMILES string of the molecule is COc1cc(CO)c(-c2cn3ccc(N4CCN(c5nccc(N6CCN(C)CC6)n5)CC4)cc3n2)cc1Cl. The summed E-state index contributed by atoms with van der Waals surface area (Å²) in [6.07, 6.45) is 5.86. The molecular formula is C28H33ClN8O2. The lowest BCUT2D eigenvalue weighted by Crippen LogP contribution is -2.47. The van der Waals surface area contributed by atoms with E-state index in [9.17, 15) is 5.11 Å². The van der Waals surface area contributed by atoms with E-state index in [0.29, 0.717) is 10.8 Å². The number of pyridine rings is 1. The van der Waals surface area contributed by atoms with E-state index in [0.717, 1.165) is 92.3 Å². The molecule has 0 unspecified atom stereocenters. The van der Waals surface area contributed by atoms with E-state index < -0.39 is 0 Å². The molecule has 0 atom stereocenters. The summed E-state index contributed by atoms with van der Waals surface area (Å²) in [5.41, 5.74) is 4.23. The monoisotopic (exact) mass is 548 g/mol. The Kier molecular flexibility index (Phi) is 7.16. The molecule has 6 rings (SSSR count). The van der Waals surface area contributed by atoms with E-state index in [1.54, 1.807) is 19.2 Å². The predicted molar refractivity (Wildman–Crippen MR) is 154 cm³/mol. The summed E-state index contributed by atoms with van der Waals surface area (Å²) >= 11 is 6.38. The van der Waals surface area contributed by atoms with Crippen molar-refractivity contribution in [2.24, 2.45) is 0 Å². The summed E-state index contributed by atoms with van der Waals surface area (Å²) in [4.78, 5) is 23.7. The Morgan fingerprint density at radius 3 is 2.41 bits per heavy atom. The number of hydrogen-bond donors (Lipinski definition) is 1. The lowest BCUT2D eigenvalue weighted by molar-refractivity contribution is 0.281. The van der Waals surface area contributed by atoms with E-state index in [1.807, 2.05) is 29.1 Å². The molecule has 0 spiro atoms. The Labute approximate surface area is 233 Å². The number of anilines is 3. The maximum atomic E-state index is 9.92. The van der Waals surface area contributed by atoms with E-state index in [2.05, 4.69) is 43.8 Å². The van der Waals surface area contributed by atoms with Crippen molar-refractivity contribution in [1.82, 2.24) is 24.3 Å². The average molecular weight is 549 g/mol. The summed E-state index contributed by atoms with van der Waals surface area (Å²) in [6, 6.07) is 9.80. The van der Waals surface area contributed by atoms with Crippen LogP contribution in [0.15, 0.2) is 48.9 Å². The van der Waals surface area contributed by atoms with Gasteiger partial charge in [-0.15, -0.1) is 0 Å². The Bertz CT molecular complexity index is 1460. The fourth-order valence-electron chi connectivity index (χ4n) is 5.29. The second-order valence-electron chi connectivity index (χ2n) is 10.1. The van der Waals surface area contributed by atoms with Crippen LogP contribution in [0, 0.1) is 0 Å². The van der Waals surface area contributed by atoms with Crippen LogP contribution >= 0.6 is 11.6 Å². The van der Waals surface area contributed by atoms with Crippen LogP contribution in [0.1, 0.15) is 5.56 Å². The third-order valence-electron chi connectivity index (χ3n) is 7.65. The third-order valence-corrected chi connectivity index (χ3v) is 7.95. The zero-order valence-corrected chi connectivity index (χ0v) is 23.0. The molecule has 0 saturated carbocycles. The van der Waals surface area contributed by atoms with E-state index >= 15 is 0 Å². The summed E-state index contributed by atoms with van der Waals surface area (Å²) in [5.74, 6) is 2.35. The van der Waals surface area contributed by atoms with Gasteiger partial charge >= 0.3 is 0 Å². The van der Waals surface area contributed by atoms with Gasteiger partial charge in [-0.2, -0.15) is 4.98 Å². The number of methoxy groups -OCH3 is 1. The Morgan fingerprint density at radius 2 is 1.67 bits per heavy atom. The molecule has 2 aliphatic heterocycles. The number of aromatic nitrogens is 4. The molecule has 204 valence electrons. The molecule has 0 amide bonds. The van der Waals surface area contributed by atoms with Gasteiger partial charge in [0.1, 0.15) is 17.2 Å². The van der Waals surface area contributed by atoms with E-state index in [4.69, 9.17) is 26.3 Å². The lowest BCUT2D eigenvalue weighted by atomic mass is 10.1. The number of likely N-dealkylation sites (N-methyl/N-ethyl adjacent to an activating group) is 1. The second-order valence-corrected chi connectivity index (χ2v) is 10.5.